The lowest BCUT2D eigenvalue weighted by Crippen LogP contribution is -2.45. The van der Waals surface area contributed by atoms with Gasteiger partial charge in [-0.2, -0.15) is 0 Å². The SMILES string of the molecule is C[C@@H](C(=O)NCc1ccccc1)N(C)CC(=O)Nc1cccc(F)c1. The van der Waals surface area contributed by atoms with Gasteiger partial charge in [-0.1, -0.05) is 36.4 Å². The molecule has 0 aliphatic carbocycles. The zero-order chi connectivity index (χ0) is 18.2. The highest BCUT2D eigenvalue weighted by Gasteiger charge is 2.20. The topological polar surface area (TPSA) is 61.4 Å². The summed E-state index contributed by atoms with van der Waals surface area (Å²) in [5.74, 6) is -0.888. The fraction of sp³-hybridized carbons (Fsp3) is 0.263. The van der Waals surface area contributed by atoms with Gasteiger partial charge >= 0.3 is 0 Å². The summed E-state index contributed by atoms with van der Waals surface area (Å²) in [6.07, 6.45) is 0. The van der Waals surface area contributed by atoms with Crippen LogP contribution in [0.5, 0.6) is 0 Å². The molecule has 132 valence electrons. The predicted octanol–water partition coefficient (Wildman–Crippen LogP) is 2.40. The maximum absolute atomic E-state index is 13.1. The number of hydrogen-bond acceptors (Lipinski definition) is 3. The first-order valence-electron chi connectivity index (χ1n) is 8.03. The first kappa shape index (κ1) is 18.6. The van der Waals surface area contributed by atoms with E-state index in [2.05, 4.69) is 10.6 Å². The fourth-order valence-corrected chi connectivity index (χ4v) is 2.26. The molecule has 0 fully saturated rings. The highest BCUT2D eigenvalue weighted by Crippen LogP contribution is 2.09. The molecule has 2 amide bonds. The molecule has 0 saturated heterocycles. The van der Waals surface area contributed by atoms with Crippen LogP contribution in [0.2, 0.25) is 0 Å². The van der Waals surface area contributed by atoms with Gasteiger partial charge in [-0.15, -0.1) is 0 Å². The van der Waals surface area contributed by atoms with Crippen molar-refractivity contribution in [2.24, 2.45) is 0 Å². The number of carbonyl (C=O) groups is 2. The molecule has 5 nitrogen and oxygen atoms in total. The third kappa shape index (κ3) is 6.00. The molecule has 25 heavy (non-hydrogen) atoms. The lowest BCUT2D eigenvalue weighted by atomic mass is 10.2. The third-order valence-corrected chi connectivity index (χ3v) is 3.85. The normalized spacial score (nSPS) is 11.8. The van der Waals surface area contributed by atoms with Gasteiger partial charge in [-0.05, 0) is 37.7 Å². The van der Waals surface area contributed by atoms with Gasteiger partial charge in [0.15, 0.2) is 0 Å². The van der Waals surface area contributed by atoms with Crippen molar-refractivity contribution < 1.29 is 14.0 Å². The average molecular weight is 343 g/mol. The Labute approximate surface area is 146 Å². The van der Waals surface area contributed by atoms with Crippen molar-refractivity contribution in [1.82, 2.24) is 10.2 Å². The molecule has 0 unspecified atom stereocenters. The molecule has 0 aliphatic heterocycles. The minimum absolute atomic E-state index is 0.0242. The summed E-state index contributed by atoms with van der Waals surface area (Å²) in [7, 11) is 1.69. The van der Waals surface area contributed by atoms with Crippen LogP contribution in [0.1, 0.15) is 12.5 Å². The molecule has 0 bridgehead atoms. The van der Waals surface area contributed by atoms with E-state index in [0.717, 1.165) is 5.56 Å². The Hall–Kier alpha value is -2.73. The molecule has 2 aromatic rings. The Balaban J connectivity index is 1.81. The van der Waals surface area contributed by atoms with E-state index >= 15 is 0 Å². The zero-order valence-corrected chi connectivity index (χ0v) is 14.3. The monoisotopic (exact) mass is 343 g/mol. The summed E-state index contributed by atoms with van der Waals surface area (Å²) in [4.78, 5) is 25.9. The number of carbonyl (C=O) groups excluding carboxylic acids is 2. The number of amides is 2. The zero-order valence-electron chi connectivity index (χ0n) is 14.3. The van der Waals surface area contributed by atoms with Crippen molar-refractivity contribution in [3.05, 3.63) is 66.0 Å². The van der Waals surface area contributed by atoms with Gasteiger partial charge in [0.2, 0.25) is 11.8 Å². The van der Waals surface area contributed by atoms with E-state index in [9.17, 15) is 14.0 Å². The predicted molar refractivity (Wildman–Crippen MR) is 95.4 cm³/mol. The van der Waals surface area contributed by atoms with E-state index in [1.54, 1.807) is 24.9 Å². The van der Waals surface area contributed by atoms with Gasteiger partial charge in [-0.25, -0.2) is 4.39 Å². The lowest BCUT2D eigenvalue weighted by Gasteiger charge is -2.23. The molecule has 0 heterocycles. The Morgan fingerprint density at radius 2 is 1.84 bits per heavy atom. The summed E-state index contributed by atoms with van der Waals surface area (Å²) in [6.45, 7) is 2.19. The lowest BCUT2D eigenvalue weighted by molar-refractivity contribution is -0.126. The molecule has 2 aromatic carbocycles. The number of benzene rings is 2. The first-order chi connectivity index (χ1) is 12.0. The first-order valence-corrected chi connectivity index (χ1v) is 8.03. The number of rotatable bonds is 7. The van der Waals surface area contributed by atoms with Crippen molar-refractivity contribution in [1.29, 1.82) is 0 Å². The molecular weight excluding hydrogens is 321 g/mol. The molecule has 0 spiro atoms. The van der Waals surface area contributed by atoms with Crippen LogP contribution in [0.3, 0.4) is 0 Å². The van der Waals surface area contributed by atoms with Crippen molar-refractivity contribution in [3.8, 4) is 0 Å². The minimum Gasteiger partial charge on any atom is -0.351 e. The Bertz CT molecular complexity index is 722. The van der Waals surface area contributed by atoms with Crippen LogP contribution in [0.15, 0.2) is 54.6 Å². The van der Waals surface area contributed by atoms with E-state index in [1.807, 2.05) is 30.3 Å². The highest BCUT2D eigenvalue weighted by atomic mass is 19.1. The standard InChI is InChI=1S/C19H22FN3O2/c1-14(19(25)21-12-15-7-4-3-5-8-15)23(2)13-18(24)22-17-10-6-9-16(20)11-17/h3-11,14H,12-13H2,1-2H3,(H,21,25)(H,22,24)/t14-/m0/s1. The molecule has 0 aliphatic rings. The van der Waals surface area contributed by atoms with Crippen LogP contribution in [-0.4, -0.2) is 36.3 Å². The quantitative estimate of drug-likeness (QED) is 0.811. The van der Waals surface area contributed by atoms with Gasteiger partial charge in [0.1, 0.15) is 5.82 Å². The smallest absolute Gasteiger partial charge is 0.238 e. The molecule has 0 aromatic heterocycles. The second-order valence-corrected chi connectivity index (χ2v) is 5.85. The fourth-order valence-electron chi connectivity index (χ4n) is 2.26. The summed E-state index contributed by atoms with van der Waals surface area (Å²) >= 11 is 0. The van der Waals surface area contributed by atoms with Gasteiger partial charge in [-0.3, -0.25) is 14.5 Å². The molecule has 0 saturated carbocycles. The Morgan fingerprint density at radius 3 is 2.52 bits per heavy atom. The molecular formula is C19H22FN3O2. The van der Waals surface area contributed by atoms with E-state index in [0.29, 0.717) is 12.2 Å². The third-order valence-electron chi connectivity index (χ3n) is 3.85. The van der Waals surface area contributed by atoms with E-state index < -0.39 is 11.9 Å². The largest absolute Gasteiger partial charge is 0.351 e. The van der Waals surface area contributed by atoms with Crippen LogP contribution in [0.25, 0.3) is 0 Å². The van der Waals surface area contributed by atoms with E-state index in [4.69, 9.17) is 0 Å². The molecule has 2 rings (SSSR count). The van der Waals surface area contributed by atoms with Gasteiger partial charge < -0.3 is 10.6 Å². The number of hydrogen-bond donors (Lipinski definition) is 2. The van der Waals surface area contributed by atoms with Gasteiger partial charge in [0.05, 0.1) is 12.6 Å². The summed E-state index contributed by atoms with van der Waals surface area (Å²) < 4.78 is 13.1. The van der Waals surface area contributed by atoms with E-state index in [-0.39, 0.29) is 18.4 Å². The Morgan fingerprint density at radius 1 is 1.12 bits per heavy atom. The number of likely N-dealkylation sites (N-methyl/N-ethyl adjacent to an activating group) is 1. The van der Waals surface area contributed by atoms with Crippen molar-refractivity contribution in [3.63, 3.8) is 0 Å². The highest BCUT2D eigenvalue weighted by molar-refractivity contribution is 5.92. The molecule has 0 radical (unpaired) electrons. The van der Waals surface area contributed by atoms with Gasteiger partial charge in [0, 0.05) is 12.2 Å². The summed E-state index contributed by atoms with van der Waals surface area (Å²) in [5, 5.41) is 5.46. The number of nitrogens with zero attached hydrogens (tertiary/aromatic N) is 1. The van der Waals surface area contributed by atoms with Crippen LogP contribution < -0.4 is 10.6 Å². The molecule has 1 atom stereocenters. The van der Waals surface area contributed by atoms with Crippen LogP contribution in [0, 0.1) is 5.82 Å². The average Bonchev–Trinajstić information content (AvgIpc) is 2.59. The van der Waals surface area contributed by atoms with Crippen LogP contribution in [-0.2, 0) is 16.1 Å². The number of nitrogens with one attached hydrogen (secondary N) is 2. The van der Waals surface area contributed by atoms with Crippen LogP contribution >= 0.6 is 0 Å². The second kappa shape index (κ2) is 8.94. The number of halogens is 1. The van der Waals surface area contributed by atoms with Crippen molar-refractivity contribution in [2.45, 2.75) is 19.5 Å². The summed E-state index contributed by atoms with van der Waals surface area (Å²) in [5.41, 5.74) is 1.40. The van der Waals surface area contributed by atoms with Crippen molar-refractivity contribution in [2.75, 3.05) is 18.9 Å². The number of anilines is 1. The molecule has 2 N–H and O–H groups in total. The minimum atomic E-state index is -0.470. The second-order valence-electron chi connectivity index (χ2n) is 5.85. The maximum Gasteiger partial charge on any atom is 0.238 e. The van der Waals surface area contributed by atoms with Gasteiger partial charge in [0.25, 0.3) is 0 Å². The maximum atomic E-state index is 13.1. The van der Waals surface area contributed by atoms with Crippen molar-refractivity contribution >= 4 is 17.5 Å². The summed E-state index contributed by atoms with van der Waals surface area (Å²) in [6, 6.07) is 14.8. The Kier molecular flexibility index (Phi) is 6.65. The van der Waals surface area contributed by atoms with Crippen LogP contribution in [0.4, 0.5) is 10.1 Å². The molecule has 6 heteroatoms. The van der Waals surface area contributed by atoms with E-state index in [1.165, 1.54) is 18.2 Å².